The largest absolute Gasteiger partial charge is 0.365 e. The average Bonchev–Trinajstić information content (AvgIpc) is 3.22. The van der Waals surface area contributed by atoms with Gasteiger partial charge in [-0.3, -0.25) is 0 Å². The van der Waals surface area contributed by atoms with Gasteiger partial charge in [0.05, 0.1) is 21.3 Å². The Labute approximate surface area is 160 Å². The first-order valence-electron chi connectivity index (χ1n) is 7.71. The van der Waals surface area contributed by atoms with Crippen molar-refractivity contribution in [3.8, 4) is 10.6 Å². The number of hydrogen-bond acceptors (Lipinski definition) is 7. The zero-order valence-electron chi connectivity index (χ0n) is 14.7. The molecule has 132 valence electrons. The molecule has 25 heavy (non-hydrogen) atoms. The number of anilines is 1. The van der Waals surface area contributed by atoms with E-state index in [1.807, 2.05) is 51.4 Å². The van der Waals surface area contributed by atoms with Crippen LogP contribution in [0.5, 0.6) is 0 Å². The van der Waals surface area contributed by atoms with Crippen LogP contribution in [0.15, 0.2) is 34.5 Å². The Morgan fingerprint density at radius 1 is 1.20 bits per heavy atom. The van der Waals surface area contributed by atoms with Gasteiger partial charge < -0.3 is 10.1 Å². The molecule has 3 rings (SSSR count). The van der Waals surface area contributed by atoms with Gasteiger partial charge in [-0.15, -0.1) is 34.4 Å². The zero-order valence-corrected chi connectivity index (χ0v) is 17.1. The first-order valence-corrected chi connectivity index (χ1v) is 10.6. The second kappa shape index (κ2) is 9.70. The predicted octanol–water partition coefficient (Wildman–Crippen LogP) is 5.08. The van der Waals surface area contributed by atoms with Crippen LogP contribution in [-0.2, 0) is 11.2 Å². The fourth-order valence-corrected chi connectivity index (χ4v) is 4.15. The second-order valence-corrected chi connectivity index (χ2v) is 8.10. The average molecular weight is 392 g/mol. The third kappa shape index (κ3) is 5.66. The summed E-state index contributed by atoms with van der Waals surface area (Å²) in [4.78, 5) is 21.4. The van der Waals surface area contributed by atoms with E-state index < -0.39 is 0 Å². The first-order chi connectivity index (χ1) is 12.1. The van der Waals surface area contributed by atoms with Gasteiger partial charge in [0, 0.05) is 23.7 Å². The minimum atomic E-state index is 0.522. The Morgan fingerprint density at radius 3 is 2.40 bits per heavy atom. The van der Waals surface area contributed by atoms with Crippen molar-refractivity contribution < 1.29 is 4.79 Å². The van der Waals surface area contributed by atoms with E-state index in [-0.39, 0.29) is 0 Å². The van der Waals surface area contributed by atoms with Crippen molar-refractivity contribution in [2.24, 2.45) is 0 Å². The summed E-state index contributed by atoms with van der Waals surface area (Å²) >= 11 is 5.02. The van der Waals surface area contributed by atoms with E-state index in [4.69, 9.17) is 0 Å². The molecule has 0 atom stereocenters. The zero-order chi connectivity index (χ0) is 18.2. The number of nitrogens with zero attached hydrogens (tertiary/aromatic N) is 2. The Morgan fingerprint density at radius 2 is 1.92 bits per heavy atom. The van der Waals surface area contributed by atoms with Gasteiger partial charge in [0.15, 0.2) is 5.13 Å². The molecule has 0 bridgehead atoms. The highest BCUT2D eigenvalue weighted by Crippen LogP contribution is 2.31. The van der Waals surface area contributed by atoms with Gasteiger partial charge in [-0.1, -0.05) is 12.1 Å². The molecule has 0 aliphatic heterocycles. The Bertz CT molecular complexity index is 809. The van der Waals surface area contributed by atoms with Gasteiger partial charge in [-0.05, 0) is 37.8 Å². The monoisotopic (exact) mass is 391 g/mol. The highest BCUT2D eigenvalue weighted by atomic mass is 32.2. The van der Waals surface area contributed by atoms with Gasteiger partial charge in [-0.25, -0.2) is 9.97 Å². The molecule has 4 nitrogen and oxygen atoms in total. The smallest absolute Gasteiger partial charge is 0.182 e. The standard InChI is InChI=1S/C9H11N3S2.C9H10OS/c1-5-8(14-6(2)11-5)7-4-13-9(10-3)12-7;1-11-9-4-2-8(3-5-9)6-7-10/h4H,1-3H3,(H,10,12);2-5,7H,6H2,1H3. The molecule has 0 aliphatic carbocycles. The van der Waals surface area contributed by atoms with Crippen LogP contribution in [0.4, 0.5) is 5.13 Å². The molecular formula is C18H21N3OS3. The number of thiazole rings is 2. The molecule has 0 spiro atoms. The van der Waals surface area contributed by atoms with Gasteiger partial charge in [-0.2, -0.15) is 0 Å². The van der Waals surface area contributed by atoms with Crippen molar-refractivity contribution in [1.29, 1.82) is 0 Å². The summed E-state index contributed by atoms with van der Waals surface area (Å²) in [7, 11) is 1.88. The van der Waals surface area contributed by atoms with Crippen molar-refractivity contribution >= 4 is 45.9 Å². The lowest BCUT2D eigenvalue weighted by Gasteiger charge is -1.96. The van der Waals surface area contributed by atoms with Crippen LogP contribution in [0.3, 0.4) is 0 Å². The number of aromatic nitrogens is 2. The summed E-state index contributed by atoms with van der Waals surface area (Å²) in [5, 5.41) is 7.14. The maximum absolute atomic E-state index is 10.1. The summed E-state index contributed by atoms with van der Waals surface area (Å²) < 4.78 is 0. The molecule has 1 N–H and O–H groups in total. The van der Waals surface area contributed by atoms with E-state index in [1.165, 1.54) is 9.77 Å². The summed E-state index contributed by atoms with van der Waals surface area (Å²) in [6, 6.07) is 8.04. The first kappa shape index (κ1) is 19.6. The topological polar surface area (TPSA) is 54.9 Å². The van der Waals surface area contributed by atoms with Gasteiger partial charge in [0.1, 0.15) is 6.29 Å². The lowest BCUT2D eigenvalue weighted by Crippen LogP contribution is -1.85. The molecule has 0 amide bonds. The molecule has 0 saturated carbocycles. The van der Waals surface area contributed by atoms with Crippen LogP contribution < -0.4 is 5.32 Å². The molecule has 0 aliphatic rings. The van der Waals surface area contributed by atoms with Gasteiger partial charge >= 0.3 is 0 Å². The maximum Gasteiger partial charge on any atom is 0.182 e. The lowest BCUT2D eigenvalue weighted by molar-refractivity contribution is -0.107. The minimum absolute atomic E-state index is 0.522. The normalized spacial score (nSPS) is 10.1. The molecule has 3 aromatic rings. The lowest BCUT2D eigenvalue weighted by atomic mass is 10.2. The second-order valence-electron chi connectivity index (χ2n) is 5.15. The third-order valence-electron chi connectivity index (χ3n) is 3.33. The van der Waals surface area contributed by atoms with E-state index in [0.717, 1.165) is 33.4 Å². The molecule has 0 unspecified atom stereocenters. The summed E-state index contributed by atoms with van der Waals surface area (Å²) in [5.74, 6) is 0. The number of thioether (sulfide) groups is 1. The molecule has 2 heterocycles. The highest BCUT2D eigenvalue weighted by Gasteiger charge is 2.10. The number of hydrogen-bond donors (Lipinski definition) is 1. The van der Waals surface area contributed by atoms with Gasteiger partial charge in [0.2, 0.25) is 0 Å². The van der Waals surface area contributed by atoms with Crippen LogP contribution in [-0.4, -0.2) is 29.6 Å². The fraction of sp³-hybridized carbons (Fsp3) is 0.278. The number of carbonyl (C=O) groups excluding carboxylic acids is 1. The van der Waals surface area contributed by atoms with Crippen LogP contribution in [0.25, 0.3) is 10.6 Å². The quantitative estimate of drug-likeness (QED) is 0.486. The van der Waals surface area contributed by atoms with Crippen molar-refractivity contribution in [2.45, 2.75) is 25.2 Å². The van der Waals surface area contributed by atoms with Crippen LogP contribution >= 0.6 is 34.4 Å². The third-order valence-corrected chi connectivity index (χ3v) is 6.03. The van der Waals surface area contributed by atoms with Crippen LogP contribution in [0, 0.1) is 13.8 Å². The molecule has 7 heteroatoms. The summed E-state index contributed by atoms with van der Waals surface area (Å²) in [5.41, 5.74) is 3.18. The number of aldehydes is 1. The van der Waals surface area contributed by atoms with E-state index in [9.17, 15) is 4.79 Å². The number of rotatable bonds is 5. The summed E-state index contributed by atoms with van der Waals surface area (Å²) in [6.07, 6.45) is 3.48. The molecule has 1 aromatic carbocycles. The fourth-order valence-electron chi connectivity index (χ4n) is 2.12. The Kier molecular flexibility index (Phi) is 7.61. The van der Waals surface area contributed by atoms with E-state index in [2.05, 4.69) is 20.7 Å². The van der Waals surface area contributed by atoms with E-state index in [1.54, 1.807) is 34.4 Å². The molecule has 0 radical (unpaired) electrons. The molecule has 0 saturated heterocycles. The number of aryl methyl sites for hydroxylation is 2. The van der Waals surface area contributed by atoms with Crippen molar-refractivity contribution in [3.05, 3.63) is 45.9 Å². The molecule has 2 aromatic heterocycles. The number of carbonyl (C=O) groups is 1. The van der Waals surface area contributed by atoms with E-state index in [0.29, 0.717) is 6.42 Å². The minimum Gasteiger partial charge on any atom is -0.365 e. The highest BCUT2D eigenvalue weighted by molar-refractivity contribution is 7.98. The van der Waals surface area contributed by atoms with Crippen molar-refractivity contribution in [1.82, 2.24) is 9.97 Å². The van der Waals surface area contributed by atoms with E-state index >= 15 is 0 Å². The number of nitrogens with one attached hydrogen (secondary N) is 1. The molecular weight excluding hydrogens is 370 g/mol. The van der Waals surface area contributed by atoms with Crippen LogP contribution in [0.2, 0.25) is 0 Å². The maximum atomic E-state index is 10.1. The van der Waals surface area contributed by atoms with Crippen LogP contribution in [0.1, 0.15) is 16.3 Å². The van der Waals surface area contributed by atoms with Gasteiger partial charge in [0.25, 0.3) is 0 Å². The number of benzene rings is 1. The SMILES string of the molecule is CNc1nc(-c2sc(C)nc2C)cs1.CSc1ccc(CC=O)cc1. The Hall–Kier alpha value is -1.70. The predicted molar refractivity (Wildman–Crippen MR) is 110 cm³/mol. The Balaban J connectivity index is 0.000000186. The van der Waals surface area contributed by atoms with Crippen molar-refractivity contribution in [3.63, 3.8) is 0 Å². The molecule has 0 fully saturated rings. The summed E-state index contributed by atoms with van der Waals surface area (Å²) in [6.45, 7) is 4.05. The van der Waals surface area contributed by atoms with Crippen molar-refractivity contribution in [2.75, 3.05) is 18.6 Å².